The molecule has 3 heteroatoms. The molecule has 1 N–H and O–H groups in total. The van der Waals surface area contributed by atoms with E-state index >= 15 is 0 Å². The highest BCUT2D eigenvalue weighted by atomic mass is 127. The number of pyridine rings is 1. The average molecular weight is 277 g/mol. The van der Waals surface area contributed by atoms with Crippen LogP contribution in [-0.2, 0) is 5.60 Å². The highest BCUT2D eigenvalue weighted by Gasteiger charge is 2.20. The Morgan fingerprint density at radius 2 is 2.25 bits per heavy atom. The Morgan fingerprint density at radius 1 is 1.58 bits per heavy atom. The van der Waals surface area contributed by atoms with Crippen LogP contribution in [0.5, 0.6) is 0 Å². The minimum absolute atomic E-state index is 0.703. The molecule has 0 aliphatic carbocycles. The van der Waals surface area contributed by atoms with Crippen molar-refractivity contribution >= 4 is 22.6 Å². The van der Waals surface area contributed by atoms with Crippen LogP contribution in [0.25, 0.3) is 0 Å². The van der Waals surface area contributed by atoms with Crippen LogP contribution in [0.15, 0.2) is 18.5 Å². The molecule has 0 saturated heterocycles. The summed E-state index contributed by atoms with van der Waals surface area (Å²) in [7, 11) is 0. The molecular weight excluding hydrogens is 265 g/mol. The molecular formula is C9H12INO. The molecule has 0 spiro atoms. The van der Waals surface area contributed by atoms with E-state index in [2.05, 4.69) is 27.6 Å². The van der Waals surface area contributed by atoms with Gasteiger partial charge in [0.05, 0.1) is 5.60 Å². The molecule has 0 amide bonds. The molecule has 1 aromatic heterocycles. The van der Waals surface area contributed by atoms with Gasteiger partial charge in [0.15, 0.2) is 0 Å². The molecule has 1 aromatic rings. The normalized spacial score (nSPS) is 15.7. The fourth-order valence-electron chi connectivity index (χ4n) is 0.911. The molecule has 0 aliphatic heterocycles. The molecule has 0 aromatic carbocycles. The molecule has 12 heavy (non-hydrogen) atoms. The second kappa shape index (κ2) is 3.70. The Hall–Kier alpha value is -0.160. The number of nitrogens with zero attached hydrogens (tertiary/aromatic N) is 1. The summed E-state index contributed by atoms with van der Waals surface area (Å²) >= 11 is 2.19. The van der Waals surface area contributed by atoms with Crippen LogP contribution in [0.2, 0.25) is 0 Å². The van der Waals surface area contributed by atoms with Crippen molar-refractivity contribution in [2.24, 2.45) is 0 Å². The van der Waals surface area contributed by atoms with Gasteiger partial charge in [-0.1, -0.05) is 6.92 Å². The Balaban J connectivity index is 3.03. The van der Waals surface area contributed by atoms with Crippen molar-refractivity contribution in [2.45, 2.75) is 25.9 Å². The van der Waals surface area contributed by atoms with E-state index in [1.807, 2.05) is 13.0 Å². The van der Waals surface area contributed by atoms with E-state index in [9.17, 15) is 5.11 Å². The van der Waals surface area contributed by atoms with Crippen molar-refractivity contribution in [1.29, 1.82) is 0 Å². The number of aliphatic hydroxyl groups is 1. The number of rotatable bonds is 2. The smallest absolute Gasteiger partial charge is 0.0881 e. The van der Waals surface area contributed by atoms with Gasteiger partial charge >= 0.3 is 0 Å². The quantitative estimate of drug-likeness (QED) is 0.841. The van der Waals surface area contributed by atoms with Crippen molar-refractivity contribution in [2.75, 3.05) is 0 Å². The van der Waals surface area contributed by atoms with Gasteiger partial charge in [-0.15, -0.1) is 0 Å². The first-order chi connectivity index (χ1) is 5.56. The van der Waals surface area contributed by atoms with Gasteiger partial charge in [-0.3, -0.25) is 4.98 Å². The Kier molecular flexibility index (Phi) is 3.06. The summed E-state index contributed by atoms with van der Waals surface area (Å²) in [6.07, 6.45) is 4.19. The molecule has 0 bridgehead atoms. The van der Waals surface area contributed by atoms with Gasteiger partial charge in [0.2, 0.25) is 0 Å². The summed E-state index contributed by atoms with van der Waals surface area (Å²) in [5, 5.41) is 9.88. The highest BCUT2D eigenvalue weighted by Crippen LogP contribution is 2.23. The Morgan fingerprint density at radius 3 is 2.75 bits per heavy atom. The average Bonchev–Trinajstić information content (AvgIpc) is 2.05. The fourth-order valence-corrected chi connectivity index (χ4v) is 1.41. The summed E-state index contributed by atoms with van der Waals surface area (Å²) in [6.45, 7) is 3.76. The predicted molar refractivity (Wildman–Crippen MR) is 56.8 cm³/mol. The molecule has 0 unspecified atom stereocenters. The van der Waals surface area contributed by atoms with Crippen LogP contribution >= 0.6 is 22.6 Å². The predicted octanol–water partition coefficient (Wildman–Crippen LogP) is 2.30. The molecule has 0 radical (unpaired) electrons. The molecule has 1 rings (SSSR count). The van der Waals surface area contributed by atoms with Gasteiger partial charge < -0.3 is 5.11 Å². The lowest BCUT2D eigenvalue weighted by atomic mass is 9.95. The second-order valence-corrected chi connectivity index (χ2v) is 4.26. The van der Waals surface area contributed by atoms with Crippen molar-refractivity contribution in [3.8, 4) is 0 Å². The van der Waals surface area contributed by atoms with E-state index in [0.29, 0.717) is 6.42 Å². The summed E-state index contributed by atoms with van der Waals surface area (Å²) in [4.78, 5) is 4.03. The van der Waals surface area contributed by atoms with Gasteiger partial charge in [-0.2, -0.15) is 0 Å². The topological polar surface area (TPSA) is 33.1 Å². The SMILES string of the molecule is CC[C@](C)(O)c1cncc(I)c1. The molecule has 0 aliphatic rings. The zero-order valence-electron chi connectivity index (χ0n) is 7.21. The van der Waals surface area contributed by atoms with Gasteiger partial charge in [0, 0.05) is 21.5 Å². The van der Waals surface area contributed by atoms with Crippen LogP contribution in [0.3, 0.4) is 0 Å². The molecule has 1 atom stereocenters. The van der Waals surface area contributed by atoms with E-state index in [-0.39, 0.29) is 0 Å². The maximum absolute atomic E-state index is 9.88. The lowest BCUT2D eigenvalue weighted by Gasteiger charge is -2.21. The third kappa shape index (κ3) is 2.17. The maximum Gasteiger partial charge on any atom is 0.0881 e. The monoisotopic (exact) mass is 277 g/mol. The first-order valence-electron chi connectivity index (χ1n) is 3.89. The van der Waals surface area contributed by atoms with E-state index < -0.39 is 5.60 Å². The van der Waals surface area contributed by atoms with E-state index in [1.165, 1.54) is 0 Å². The first-order valence-corrected chi connectivity index (χ1v) is 4.97. The van der Waals surface area contributed by atoms with Gasteiger partial charge in [-0.05, 0) is 42.0 Å². The zero-order valence-corrected chi connectivity index (χ0v) is 9.37. The second-order valence-electron chi connectivity index (χ2n) is 3.02. The summed E-state index contributed by atoms with van der Waals surface area (Å²) < 4.78 is 1.05. The van der Waals surface area contributed by atoms with E-state index in [1.54, 1.807) is 19.3 Å². The van der Waals surface area contributed by atoms with E-state index in [0.717, 1.165) is 9.13 Å². The van der Waals surface area contributed by atoms with Gasteiger partial charge in [0.1, 0.15) is 0 Å². The highest BCUT2D eigenvalue weighted by molar-refractivity contribution is 14.1. The van der Waals surface area contributed by atoms with Crippen molar-refractivity contribution in [1.82, 2.24) is 4.98 Å². The third-order valence-corrected chi connectivity index (χ3v) is 2.61. The Bertz CT molecular complexity index is 273. The van der Waals surface area contributed by atoms with Gasteiger partial charge in [0.25, 0.3) is 0 Å². The molecule has 0 fully saturated rings. The summed E-state index contributed by atoms with van der Waals surface area (Å²) in [5.41, 5.74) is 0.144. The standard InChI is InChI=1S/C9H12INO/c1-3-9(2,12)7-4-8(10)6-11-5-7/h4-6,12H,3H2,1-2H3/t9-/m0/s1. The molecule has 0 saturated carbocycles. The maximum atomic E-state index is 9.88. The summed E-state index contributed by atoms with van der Waals surface area (Å²) in [6, 6.07) is 1.96. The minimum atomic E-state index is -0.742. The van der Waals surface area contributed by atoms with Crippen LogP contribution < -0.4 is 0 Å². The van der Waals surface area contributed by atoms with E-state index in [4.69, 9.17) is 0 Å². The van der Waals surface area contributed by atoms with Crippen LogP contribution in [0.1, 0.15) is 25.8 Å². The number of aromatic nitrogens is 1. The number of hydrogen-bond donors (Lipinski definition) is 1. The fraction of sp³-hybridized carbons (Fsp3) is 0.444. The first kappa shape index (κ1) is 9.92. The third-order valence-electron chi connectivity index (χ3n) is 2.02. The number of hydrogen-bond acceptors (Lipinski definition) is 2. The van der Waals surface area contributed by atoms with Gasteiger partial charge in [-0.25, -0.2) is 0 Å². The minimum Gasteiger partial charge on any atom is -0.385 e. The molecule has 66 valence electrons. The lowest BCUT2D eigenvalue weighted by molar-refractivity contribution is 0.0526. The van der Waals surface area contributed by atoms with Crippen LogP contribution in [-0.4, -0.2) is 10.1 Å². The van der Waals surface area contributed by atoms with Crippen molar-refractivity contribution in [3.05, 3.63) is 27.6 Å². The lowest BCUT2D eigenvalue weighted by Crippen LogP contribution is -2.19. The zero-order chi connectivity index (χ0) is 9.19. The summed E-state index contributed by atoms with van der Waals surface area (Å²) in [5.74, 6) is 0. The van der Waals surface area contributed by atoms with Crippen molar-refractivity contribution < 1.29 is 5.11 Å². The molecule has 2 nitrogen and oxygen atoms in total. The Labute approximate surface area is 86.2 Å². The molecule has 1 heterocycles. The largest absolute Gasteiger partial charge is 0.385 e. The number of halogens is 1. The van der Waals surface area contributed by atoms with Crippen molar-refractivity contribution in [3.63, 3.8) is 0 Å². The van der Waals surface area contributed by atoms with Crippen LogP contribution in [0, 0.1) is 3.57 Å². The van der Waals surface area contributed by atoms with Crippen LogP contribution in [0.4, 0.5) is 0 Å².